The van der Waals surface area contributed by atoms with Gasteiger partial charge in [-0.3, -0.25) is 14.2 Å². The van der Waals surface area contributed by atoms with Gasteiger partial charge in [-0.25, -0.2) is 4.98 Å². The molecule has 0 bridgehead atoms. The molecule has 0 aliphatic carbocycles. The summed E-state index contributed by atoms with van der Waals surface area (Å²) in [5, 5.41) is 5.31. The number of hydrogen-bond acceptors (Lipinski definition) is 8. The first kappa shape index (κ1) is 24.8. The van der Waals surface area contributed by atoms with Crippen LogP contribution in [-0.4, -0.2) is 47.4 Å². The number of hydrogen-bond donors (Lipinski definition) is 1. The lowest BCUT2D eigenvalue weighted by molar-refractivity contribution is -0.155. The van der Waals surface area contributed by atoms with Crippen molar-refractivity contribution in [1.82, 2.24) is 9.55 Å². The highest BCUT2D eigenvalue weighted by Crippen LogP contribution is 2.31. The number of rotatable bonds is 6. The zero-order valence-corrected chi connectivity index (χ0v) is 21.6. The number of anilines is 2. The fourth-order valence-electron chi connectivity index (χ4n) is 4.58. The summed E-state index contributed by atoms with van der Waals surface area (Å²) in [7, 11) is 0. The van der Waals surface area contributed by atoms with Gasteiger partial charge in [-0.15, -0.1) is 0 Å². The third kappa shape index (κ3) is 5.32. The predicted molar refractivity (Wildman–Crippen MR) is 143 cm³/mol. The molecule has 4 aromatic rings. The largest absolute Gasteiger partial charge is 0.459 e. The molecule has 0 spiro atoms. The van der Waals surface area contributed by atoms with Gasteiger partial charge in [-0.05, 0) is 51.5 Å². The molecule has 1 N–H and O–H groups in total. The smallest absolute Gasteiger partial charge is 0.326 e. The monoisotopic (exact) mass is 504 g/mol. The van der Waals surface area contributed by atoms with Crippen LogP contribution in [0.15, 0.2) is 57.9 Å². The van der Waals surface area contributed by atoms with Crippen molar-refractivity contribution in [3.63, 3.8) is 0 Å². The van der Waals surface area contributed by atoms with Crippen LogP contribution < -0.4 is 15.8 Å². The van der Waals surface area contributed by atoms with Crippen molar-refractivity contribution in [2.75, 3.05) is 36.5 Å². The number of carbonyl (C=O) groups is 1. The molecular weight excluding hydrogens is 472 g/mol. The lowest BCUT2D eigenvalue weighted by Gasteiger charge is -2.31. The van der Waals surface area contributed by atoms with Gasteiger partial charge in [0.1, 0.15) is 29.1 Å². The average molecular weight is 505 g/mol. The summed E-state index contributed by atoms with van der Waals surface area (Å²) in [6, 6.07) is 13.7. The van der Waals surface area contributed by atoms with Crippen LogP contribution in [0.3, 0.4) is 0 Å². The van der Waals surface area contributed by atoms with Crippen LogP contribution >= 0.6 is 0 Å². The zero-order valence-electron chi connectivity index (χ0n) is 21.6. The Balaban J connectivity index is 1.46. The first-order chi connectivity index (χ1) is 17.7. The van der Waals surface area contributed by atoms with E-state index in [0.717, 1.165) is 27.5 Å². The van der Waals surface area contributed by atoms with Crippen molar-refractivity contribution in [1.29, 1.82) is 0 Å². The van der Waals surface area contributed by atoms with E-state index in [0.29, 0.717) is 32.1 Å². The SMILES string of the molecule is C[C@@H](Nc1ncc(N2CCOCC2)n(CC(=O)OC(C)(C)C)c1=O)c1ccc2oc3ccccc3c2c1. The lowest BCUT2D eigenvalue weighted by Crippen LogP contribution is -2.41. The Hall–Kier alpha value is -3.85. The maximum absolute atomic E-state index is 13.6. The van der Waals surface area contributed by atoms with Crippen molar-refractivity contribution >= 4 is 39.5 Å². The molecule has 1 fully saturated rings. The Morgan fingerprint density at radius 1 is 1.11 bits per heavy atom. The predicted octanol–water partition coefficient (Wildman–Crippen LogP) is 4.49. The van der Waals surface area contributed by atoms with Gasteiger partial charge in [0, 0.05) is 23.9 Å². The molecule has 0 amide bonds. The van der Waals surface area contributed by atoms with E-state index in [2.05, 4.69) is 16.4 Å². The molecule has 1 aliphatic rings. The molecule has 2 aromatic carbocycles. The second-order valence-corrected chi connectivity index (χ2v) is 10.3. The van der Waals surface area contributed by atoms with Gasteiger partial charge >= 0.3 is 5.97 Å². The Kier molecular flexibility index (Phi) is 6.64. The van der Waals surface area contributed by atoms with Gasteiger partial charge in [-0.2, -0.15) is 0 Å². The average Bonchev–Trinajstić information content (AvgIpc) is 3.24. The van der Waals surface area contributed by atoms with E-state index in [1.54, 1.807) is 27.0 Å². The van der Waals surface area contributed by atoms with E-state index >= 15 is 0 Å². The van der Waals surface area contributed by atoms with E-state index in [4.69, 9.17) is 13.9 Å². The normalized spacial score (nSPS) is 15.2. The summed E-state index contributed by atoms with van der Waals surface area (Å²) in [6.45, 7) is 9.48. The number of carbonyl (C=O) groups excluding carboxylic acids is 1. The van der Waals surface area contributed by atoms with Gasteiger partial charge in [-0.1, -0.05) is 24.3 Å². The van der Waals surface area contributed by atoms with E-state index in [1.165, 1.54) is 4.57 Å². The Morgan fingerprint density at radius 3 is 2.59 bits per heavy atom. The fourth-order valence-corrected chi connectivity index (χ4v) is 4.58. The number of nitrogens with one attached hydrogen (secondary N) is 1. The maximum atomic E-state index is 13.6. The first-order valence-corrected chi connectivity index (χ1v) is 12.5. The molecular formula is C28H32N4O5. The van der Waals surface area contributed by atoms with Crippen LogP contribution in [0, 0.1) is 0 Å². The molecule has 37 heavy (non-hydrogen) atoms. The van der Waals surface area contributed by atoms with Crippen LogP contribution in [0.1, 0.15) is 39.3 Å². The molecule has 3 heterocycles. The summed E-state index contributed by atoms with van der Waals surface area (Å²) < 4.78 is 18.3. The van der Waals surface area contributed by atoms with Crippen LogP contribution in [0.2, 0.25) is 0 Å². The van der Waals surface area contributed by atoms with Crippen molar-refractivity contribution in [3.05, 3.63) is 64.6 Å². The standard InChI is InChI=1S/C28H32N4O5/c1-18(19-9-10-23-21(15-19)20-7-5-6-8-22(20)36-23)30-26-27(34)32(17-25(33)37-28(2,3)4)24(16-29-26)31-11-13-35-14-12-31/h5-10,15-16,18H,11-14,17H2,1-4H3,(H,29,30)/t18-/m1/s1. The summed E-state index contributed by atoms with van der Waals surface area (Å²) in [4.78, 5) is 32.8. The van der Waals surface area contributed by atoms with Crippen LogP contribution in [0.25, 0.3) is 21.9 Å². The first-order valence-electron chi connectivity index (χ1n) is 12.5. The molecule has 9 heteroatoms. The molecule has 194 valence electrons. The molecule has 0 unspecified atom stereocenters. The van der Waals surface area contributed by atoms with Crippen LogP contribution in [0.5, 0.6) is 0 Å². The highest BCUT2D eigenvalue weighted by molar-refractivity contribution is 6.05. The van der Waals surface area contributed by atoms with Crippen LogP contribution in [0.4, 0.5) is 11.6 Å². The van der Waals surface area contributed by atoms with Crippen molar-refractivity contribution in [3.8, 4) is 0 Å². The second kappa shape index (κ2) is 9.89. The number of fused-ring (bicyclic) bond motifs is 3. The van der Waals surface area contributed by atoms with Gasteiger partial charge in [0.05, 0.1) is 25.5 Å². The summed E-state index contributed by atoms with van der Waals surface area (Å²) in [5.74, 6) is 0.264. The summed E-state index contributed by atoms with van der Waals surface area (Å²) >= 11 is 0. The molecule has 1 atom stereocenters. The lowest BCUT2D eigenvalue weighted by atomic mass is 10.0. The number of ether oxygens (including phenoxy) is 2. The number of benzene rings is 2. The third-order valence-electron chi connectivity index (χ3n) is 6.33. The van der Waals surface area contributed by atoms with E-state index in [9.17, 15) is 9.59 Å². The Labute approximate surface area is 215 Å². The van der Waals surface area contributed by atoms with Crippen LogP contribution in [-0.2, 0) is 20.8 Å². The minimum Gasteiger partial charge on any atom is -0.459 e. The van der Waals surface area contributed by atoms with E-state index in [1.807, 2.05) is 48.2 Å². The van der Waals surface area contributed by atoms with Gasteiger partial charge in [0.15, 0.2) is 5.82 Å². The fraction of sp³-hybridized carbons (Fsp3) is 0.393. The quantitative estimate of drug-likeness (QED) is 0.384. The van der Waals surface area contributed by atoms with Crippen molar-refractivity contribution in [2.24, 2.45) is 0 Å². The highest BCUT2D eigenvalue weighted by atomic mass is 16.6. The number of morpholine rings is 1. The Bertz CT molecular complexity index is 1490. The molecule has 0 radical (unpaired) electrons. The minimum atomic E-state index is -0.654. The van der Waals surface area contributed by atoms with E-state index in [-0.39, 0.29) is 24.0 Å². The zero-order chi connectivity index (χ0) is 26.2. The summed E-state index contributed by atoms with van der Waals surface area (Å²) in [5.41, 5.74) is 1.59. The number of furan rings is 1. The molecule has 0 saturated carbocycles. The Morgan fingerprint density at radius 2 is 1.84 bits per heavy atom. The third-order valence-corrected chi connectivity index (χ3v) is 6.33. The van der Waals surface area contributed by atoms with Gasteiger partial charge in [0.25, 0.3) is 5.56 Å². The molecule has 2 aromatic heterocycles. The second-order valence-electron chi connectivity index (χ2n) is 10.3. The molecule has 5 rings (SSSR count). The van der Waals surface area contributed by atoms with Gasteiger partial charge < -0.3 is 24.1 Å². The number of nitrogens with zero attached hydrogens (tertiary/aromatic N) is 3. The highest BCUT2D eigenvalue weighted by Gasteiger charge is 2.23. The number of para-hydroxylation sites is 1. The topological polar surface area (TPSA) is 98.8 Å². The number of aromatic nitrogens is 2. The van der Waals surface area contributed by atoms with E-state index < -0.39 is 11.6 Å². The number of esters is 1. The maximum Gasteiger partial charge on any atom is 0.326 e. The summed E-state index contributed by atoms with van der Waals surface area (Å²) in [6.07, 6.45) is 1.64. The van der Waals surface area contributed by atoms with Gasteiger partial charge in [0.2, 0.25) is 0 Å². The molecule has 1 saturated heterocycles. The molecule has 9 nitrogen and oxygen atoms in total. The minimum absolute atomic E-state index is 0.171. The van der Waals surface area contributed by atoms with Crippen molar-refractivity contribution < 1.29 is 18.7 Å². The molecule has 1 aliphatic heterocycles. The van der Waals surface area contributed by atoms with Crippen molar-refractivity contribution in [2.45, 2.75) is 45.9 Å².